The zero-order valence-electron chi connectivity index (χ0n) is 10.2. The minimum Gasteiger partial charge on any atom is -0.386 e. The summed E-state index contributed by atoms with van der Waals surface area (Å²) < 4.78 is 20.5. The van der Waals surface area contributed by atoms with E-state index in [1.165, 1.54) is 27.4 Å². The van der Waals surface area contributed by atoms with Crippen molar-refractivity contribution in [3.63, 3.8) is 0 Å². The first-order chi connectivity index (χ1) is 8.59. The SMILES string of the molecule is CO[Si](OC)(OC)c1cccc2c1C(=O)OC2=O. The fourth-order valence-corrected chi connectivity index (χ4v) is 3.97. The second kappa shape index (κ2) is 4.62. The summed E-state index contributed by atoms with van der Waals surface area (Å²) in [6.45, 7) is 0. The molecular weight excluding hydrogens is 256 g/mol. The van der Waals surface area contributed by atoms with Gasteiger partial charge in [-0.3, -0.25) is 0 Å². The van der Waals surface area contributed by atoms with E-state index < -0.39 is 20.7 Å². The molecule has 0 fully saturated rings. The highest BCUT2D eigenvalue weighted by atomic mass is 28.4. The van der Waals surface area contributed by atoms with E-state index in [1.54, 1.807) is 12.1 Å². The van der Waals surface area contributed by atoms with Gasteiger partial charge in [0.2, 0.25) is 0 Å². The van der Waals surface area contributed by atoms with E-state index in [-0.39, 0.29) is 11.1 Å². The summed E-state index contributed by atoms with van der Waals surface area (Å²) in [6.07, 6.45) is 0. The minimum atomic E-state index is -3.17. The molecule has 0 radical (unpaired) electrons. The molecule has 6 nitrogen and oxygen atoms in total. The van der Waals surface area contributed by atoms with E-state index in [0.29, 0.717) is 5.19 Å². The Kier molecular flexibility index (Phi) is 3.31. The third-order valence-corrected chi connectivity index (χ3v) is 5.50. The number of benzene rings is 1. The largest absolute Gasteiger partial charge is 0.537 e. The molecule has 1 aromatic carbocycles. The van der Waals surface area contributed by atoms with Gasteiger partial charge >= 0.3 is 20.7 Å². The van der Waals surface area contributed by atoms with Gasteiger partial charge in [0.25, 0.3) is 0 Å². The van der Waals surface area contributed by atoms with Crippen molar-refractivity contribution in [2.75, 3.05) is 21.3 Å². The molecule has 0 amide bonds. The van der Waals surface area contributed by atoms with Crippen molar-refractivity contribution in [3.8, 4) is 0 Å². The Morgan fingerprint density at radius 3 is 2.17 bits per heavy atom. The van der Waals surface area contributed by atoms with Crippen molar-refractivity contribution in [1.29, 1.82) is 0 Å². The van der Waals surface area contributed by atoms with Crippen molar-refractivity contribution in [3.05, 3.63) is 29.3 Å². The highest BCUT2D eigenvalue weighted by Gasteiger charge is 2.47. The third-order valence-electron chi connectivity index (χ3n) is 2.81. The fraction of sp³-hybridized carbons (Fsp3) is 0.273. The average molecular weight is 268 g/mol. The highest BCUT2D eigenvalue weighted by Crippen LogP contribution is 2.21. The van der Waals surface area contributed by atoms with E-state index in [0.717, 1.165) is 0 Å². The van der Waals surface area contributed by atoms with E-state index in [9.17, 15) is 9.59 Å². The zero-order chi connectivity index (χ0) is 13.3. The van der Waals surface area contributed by atoms with Crippen LogP contribution in [0.3, 0.4) is 0 Å². The number of ether oxygens (including phenoxy) is 1. The number of carbonyl (C=O) groups is 2. The van der Waals surface area contributed by atoms with Crippen molar-refractivity contribution in [1.82, 2.24) is 0 Å². The lowest BCUT2D eigenvalue weighted by atomic mass is 10.1. The molecule has 0 atom stereocenters. The lowest BCUT2D eigenvalue weighted by molar-refractivity contribution is 0.0443. The molecule has 0 saturated heterocycles. The molecule has 0 aliphatic carbocycles. The third kappa shape index (κ3) is 1.68. The number of hydrogen-bond donors (Lipinski definition) is 0. The van der Waals surface area contributed by atoms with E-state index in [2.05, 4.69) is 4.74 Å². The molecule has 1 heterocycles. The summed E-state index contributed by atoms with van der Waals surface area (Å²) in [5, 5.41) is 0.434. The predicted molar refractivity (Wildman–Crippen MR) is 62.6 cm³/mol. The van der Waals surface area contributed by atoms with Gasteiger partial charge in [-0.15, -0.1) is 0 Å². The maximum absolute atomic E-state index is 11.7. The molecule has 96 valence electrons. The summed E-state index contributed by atoms with van der Waals surface area (Å²) in [4.78, 5) is 23.2. The number of cyclic esters (lactones) is 2. The van der Waals surface area contributed by atoms with Crippen LogP contribution in [0, 0.1) is 0 Å². The Hall–Kier alpha value is -1.54. The van der Waals surface area contributed by atoms with Crippen LogP contribution >= 0.6 is 0 Å². The lowest BCUT2D eigenvalue weighted by Crippen LogP contribution is -2.56. The predicted octanol–water partition coefficient (Wildman–Crippen LogP) is 0.0823. The maximum Gasteiger partial charge on any atom is 0.537 e. The van der Waals surface area contributed by atoms with E-state index in [4.69, 9.17) is 13.3 Å². The van der Waals surface area contributed by atoms with Crippen molar-refractivity contribution in [2.24, 2.45) is 0 Å². The van der Waals surface area contributed by atoms with Crippen LogP contribution < -0.4 is 5.19 Å². The molecular formula is C11H12O6Si. The first-order valence-electron chi connectivity index (χ1n) is 5.15. The van der Waals surface area contributed by atoms with E-state index in [1.807, 2.05) is 0 Å². The van der Waals surface area contributed by atoms with Crippen molar-refractivity contribution < 1.29 is 27.6 Å². The Balaban J connectivity index is 2.67. The summed E-state index contributed by atoms with van der Waals surface area (Å²) >= 11 is 0. The van der Waals surface area contributed by atoms with Crippen LogP contribution in [0.1, 0.15) is 20.7 Å². The van der Waals surface area contributed by atoms with Crippen molar-refractivity contribution >= 4 is 25.9 Å². The highest BCUT2D eigenvalue weighted by molar-refractivity contribution is 6.76. The standard InChI is InChI=1S/C11H12O6Si/c1-14-18(15-2,16-3)8-6-4-5-7-9(8)11(13)17-10(7)12/h4-6H,1-3H3. The first kappa shape index (κ1) is 12.9. The van der Waals surface area contributed by atoms with Gasteiger partial charge in [-0.25, -0.2) is 9.59 Å². The van der Waals surface area contributed by atoms with Crippen LogP contribution in [0.4, 0.5) is 0 Å². The van der Waals surface area contributed by atoms with Gasteiger partial charge in [-0.1, -0.05) is 12.1 Å². The lowest BCUT2D eigenvalue weighted by Gasteiger charge is -2.25. The maximum atomic E-state index is 11.7. The van der Waals surface area contributed by atoms with Crippen LogP contribution in [0.25, 0.3) is 0 Å². The summed E-state index contributed by atoms with van der Waals surface area (Å²) in [7, 11) is 1.12. The number of fused-ring (bicyclic) bond motifs is 1. The zero-order valence-corrected chi connectivity index (χ0v) is 11.2. The molecule has 18 heavy (non-hydrogen) atoms. The molecule has 1 aromatic rings. The van der Waals surface area contributed by atoms with Crippen LogP contribution in [0.15, 0.2) is 18.2 Å². The van der Waals surface area contributed by atoms with Crippen LogP contribution in [0.2, 0.25) is 0 Å². The van der Waals surface area contributed by atoms with Gasteiger partial charge in [0, 0.05) is 26.5 Å². The Bertz CT molecular complexity index is 500. The Morgan fingerprint density at radius 1 is 1.00 bits per heavy atom. The minimum absolute atomic E-state index is 0.166. The monoisotopic (exact) mass is 268 g/mol. The second-order valence-electron chi connectivity index (χ2n) is 3.57. The first-order valence-corrected chi connectivity index (χ1v) is 6.87. The van der Waals surface area contributed by atoms with Gasteiger partial charge in [0.1, 0.15) is 0 Å². The molecule has 0 aromatic heterocycles. The number of carbonyl (C=O) groups excluding carboxylic acids is 2. The summed E-state index contributed by atoms with van der Waals surface area (Å²) in [5.74, 6) is -1.36. The smallest absolute Gasteiger partial charge is 0.386 e. The molecule has 0 spiro atoms. The van der Waals surface area contributed by atoms with Gasteiger partial charge in [0.05, 0.1) is 11.1 Å². The molecule has 1 aliphatic heterocycles. The van der Waals surface area contributed by atoms with Gasteiger partial charge in [-0.05, 0) is 6.07 Å². The summed E-state index contributed by atoms with van der Waals surface area (Å²) in [6, 6.07) is 4.79. The fourth-order valence-electron chi connectivity index (χ4n) is 1.97. The quantitative estimate of drug-likeness (QED) is 0.437. The van der Waals surface area contributed by atoms with Gasteiger partial charge in [0.15, 0.2) is 0 Å². The molecule has 7 heteroatoms. The Morgan fingerprint density at radius 2 is 1.61 bits per heavy atom. The molecule has 1 aliphatic rings. The molecule has 0 saturated carbocycles. The van der Waals surface area contributed by atoms with Crippen LogP contribution in [0.5, 0.6) is 0 Å². The normalized spacial score (nSPS) is 14.6. The molecule has 0 bridgehead atoms. The number of rotatable bonds is 4. The van der Waals surface area contributed by atoms with Crippen molar-refractivity contribution in [2.45, 2.75) is 0 Å². The van der Waals surface area contributed by atoms with E-state index >= 15 is 0 Å². The molecule has 0 unspecified atom stereocenters. The Labute approximate surface area is 105 Å². The topological polar surface area (TPSA) is 71.1 Å². The number of esters is 2. The average Bonchev–Trinajstić information content (AvgIpc) is 2.69. The second-order valence-corrected chi connectivity index (χ2v) is 6.45. The van der Waals surface area contributed by atoms with Gasteiger partial charge in [-0.2, -0.15) is 0 Å². The van der Waals surface area contributed by atoms with Crippen LogP contribution in [-0.2, 0) is 18.0 Å². The molecule has 0 N–H and O–H groups in total. The molecule has 2 rings (SSSR count). The van der Waals surface area contributed by atoms with Crippen LogP contribution in [-0.4, -0.2) is 42.1 Å². The summed E-state index contributed by atoms with van der Waals surface area (Å²) in [5.41, 5.74) is 0.375. The van der Waals surface area contributed by atoms with Gasteiger partial charge < -0.3 is 18.0 Å². The number of hydrogen-bond acceptors (Lipinski definition) is 6.